The van der Waals surface area contributed by atoms with E-state index >= 15 is 0 Å². The van der Waals surface area contributed by atoms with Gasteiger partial charge >= 0.3 is 0 Å². The molecule has 0 radical (unpaired) electrons. The van der Waals surface area contributed by atoms with E-state index in [1.165, 1.54) is 9.75 Å². The number of hydrogen-bond acceptors (Lipinski definition) is 3. The van der Waals surface area contributed by atoms with Gasteiger partial charge in [0.25, 0.3) is 5.91 Å². The van der Waals surface area contributed by atoms with Gasteiger partial charge in [0.05, 0.1) is 15.4 Å². The molecule has 0 saturated carbocycles. The average molecular weight is 356 g/mol. The van der Waals surface area contributed by atoms with Gasteiger partial charge < -0.3 is 4.90 Å². The van der Waals surface area contributed by atoms with Crippen LogP contribution in [0.25, 0.3) is 0 Å². The maximum atomic E-state index is 12.6. The van der Waals surface area contributed by atoms with E-state index in [1.54, 1.807) is 22.7 Å². The van der Waals surface area contributed by atoms with Crippen LogP contribution in [0.5, 0.6) is 0 Å². The molecular formula is C14H14BrNOS2. The van der Waals surface area contributed by atoms with Gasteiger partial charge in [0.1, 0.15) is 0 Å². The lowest BCUT2D eigenvalue weighted by Gasteiger charge is -2.23. The van der Waals surface area contributed by atoms with Gasteiger partial charge in [0.2, 0.25) is 0 Å². The minimum atomic E-state index is 0.163. The Morgan fingerprint density at radius 1 is 1.47 bits per heavy atom. The molecule has 1 aliphatic heterocycles. The lowest BCUT2D eigenvalue weighted by molar-refractivity contribution is 0.0738. The molecule has 5 heteroatoms. The molecule has 100 valence electrons. The fourth-order valence-electron chi connectivity index (χ4n) is 2.53. The van der Waals surface area contributed by atoms with Crippen LogP contribution in [0.15, 0.2) is 27.4 Å². The average Bonchev–Trinajstić information content (AvgIpc) is 3.07. The van der Waals surface area contributed by atoms with Crippen LogP contribution in [-0.2, 0) is 0 Å². The first-order valence-corrected chi connectivity index (χ1v) is 8.75. The van der Waals surface area contributed by atoms with E-state index in [0.717, 1.165) is 28.7 Å². The van der Waals surface area contributed by atoms with Crippen LogP contribution in [0.1, 0.15) is 39.0 Å². The molecule has 1 saturated heterocycles. The number of carbonyl (C=O) groups is 1. The molecule has 0 spiro atoms. The molecule has 0 N–H and O–H groups in total. The molecule has 2 aromatic rings. The molecule has 1 amide bonds. The highest BCUT2D eigenvalue weighted by molar-refractivity contribution is 9.11. The van der Waals surface area contributed by atoms with Gasteiger partial charge in [-0.3, -0.25) is 4.79 Å². The SMILES string of the molecule is Cc1ccc(C2CCCN2C(=O)c2csc(Br)c2)s1. The topological polar surface area (TPSA) is 20.3 Å². The molecule has 1 fully saturated rings. The Hall–Kier alpha value is -0.650. The first-order valence-electron chi connectivity index (χ1n) is 6.26. The van der Waals surface area contributed by atoms with Crippen molar-refractivity contribution in [2.24, 2.45) is 0 Å². The van der Waals surface area contributed by atoms with Gasteiger partial charge in [-0.05, 0) is 53.9 Å². The predicted molar refractivity (Wildman–Crippen MR) is 84.1 cm³/mol. The van der Waals surface area contributed by atoms with Crippen molar-refractivity contribution in [3.8, 4) is 0 Å². The second-order valence-electron chi connectivity index (χ2n) is 4.74. The Kier molecular flexibility index (Phi) is 3.78. The minimum absolute atomic E-state index is 0.163. The number of aryl methyl sites for hydroxylation is 1. The van der Waals surface area contributed by atoms with E-state index in [2.05, 4.69) is 35.0 Å². The first-order chi connectivity index (χ1) is 9.15. The van der Waals surface area contributed by atoms with E-state index in [9.17, 15) is 4.79 Å². The molecule has 1 aliphatic rings. The number of carbonyl (C=O) groups excluding carboxylic acids is 1. The van der Waals surface area contributed by atoms with E-state index in [1.807, 2.05) is 16.3 Å². The summed E-state index contributed by atoms with van der Waals surface area (Å²) in [5, 5.41) is 1.93. The zero-order valence-electron chi connectivity index (χ0n) is 10.6. The Balaban J connectivity index is 1.85. The zero-order valence-corrected chi connectivity index (χ0v) is 13.8. The van der Waals surface area contributed by atoms with Crippen LogP contribution in [0.4, 0.5) is 0 Å². The highest BCUT2D eigenvalue weighted by atomic mass is 79.9. The van der Waals surface area contributed by atoms with Crippen molar-refractivity contribution in [2.45, 2.75) is 25.8 Å². The van der Waals surface area contributed by atoms with Crippen LogP contribution < -0.4 is 0 Å². The molecule has 0 aliphatic carbocycles. The summed E-state index contributed by atoms with van der Waals surface area (Å²) in [5.41, 5.74) is 0.803. The van der Waals surface area contributed by atoms with Gasteiger partial charge in [0, 0.05) is 21.7 Å². The number of amides is 1. The van der Waals surface area contributed by atoms with E-state index in [0.29, 0.717) is 0 Å². The summed E-state index contributed by atoms with van der Waals surface area (Å²) in [5.74, 6) is 0.163. The first kappa shape index (κ1) is 13.3. The fourth-order valence-corrected chi connectivity index (χ4v) is 4.68. The monoisotopic (exact) mass is 355 g/mol. The van der Waals surface area contributed by atoms with Crippen molar-refractivity contribution in [2.75, 3.05) is 6.54 Å². The lowest BCUT2D eigenvalue weighted by atomic mass is 10.1. The molecule has 3 rings (SSSR count). The Bertz CT molecular complexity index is 604. The van der Waals surface area contributed by atoms with Crippen molar-refractivity contribution in [3.05, 3.63) is 42.7 Å². The highest BCUT2D eigenvalue weighted by Crippen LogP contribution is 2.37. The summed E-state index contributed by atoms with van der Waals surface area (Å²) in [7, 11) is 0. The predicted octanol–water partition coefficient (Wildman–Crippen LogP) is 4.86. The Morgan fingerprint density at radius 2 is 2.32 bits per heavy atom. The van der Waals surface area contributed by atoms with Gasteiger partial charge in [-0.1, -0.05) is 0 Å². The second-order valence-corrected chi connectivity index (χ2v) is 8.35. The van der Waals surface area contributed by atoms with Crippen LogP contribution in [-0.4, -0.2) is 17.4 Å². The van der Waals surface area contributed by atoms with Crippen LogP contribution in [0.2, 0.25) is 0 Å². The third-order valence-corrected chi connectivity index (χ3v) is 6.02. The third kappa shape index (κ3) is 2.64. The van der Waals surface area contributed by atoms with Gasteiger partial charge in [0.15, 0.2) is 0 Å². The molecule has 1 atom stereocenters. The molecular weight excluding hydrogens is 342 g/mol. The summed E-state index contributed by atoms with van der Waals surface area (Å²) < 4.78 is 1.01. The van der Waals surface area contributed by atoms with E-state index in [4.69, 9.17) is 0 Å². The summed E-state index contributed by atoms with van der Waals surface area (Å²) in [6.45, 7) is 2.99. The lowest BCUT2D eigenvalue weighted by Crippen LogP contribution is -2.29. The van der Waals surface area contributed by atoms with Crippen molar-refractivity contribution in [1.82, 2.24) is 4.90 Å². The van der Waals surface area contributed by atoms with Crippen molar-refractivity contribution in [3.63, 3.8) is 0 Å². The Labute approximate surface area is 129 Å². The maximum Gasteiger partial charge on any atom is 0.255 e. The van der Waals surface area contributed by atoms with Gasteiger partial charge in [-0.2, -0.15) is 0 Å². The summed E-state index contributed by atoms with van der Waals surface area (Å²) in [4.78, 5) is 17.2. The van der Waals surface area contributed by atoms with Crippen LogP contribution >= 0.6 is 38.6 Å². The molecule has 0 aromatic carbocycles. The number of hydrogen-bond donors (Lipinski definition) is 0. The second kappa shape index (κ2) is 5.38. The summed E-state index contributed by atoms with van der Waals surface area (Å²) in [6, 6.07) is 6.49. The van der Waals surface area contributed by atoms with Crippen LogP contribution in [0, 0.1) is 6.92 Å². The molecule has 1 unspecified atom stereocenters. The largest absolute Gasteiger partial charge is 0.331 e. The van der Waals surface area contributed by atoms with Crippen molar-refractivity contribution in [1.29, 1.82) is 0 Å². The normalized spacial score (nSPS) is 19.1. The third-order valence-electron chi connectivity index (χ3n) is 3.42. The number of rotatable bonds is 2. The summed E-state index contributed by atoms with van der Waals surface area (Å²) >= 11 is 6.79. The highest BCUT2D eigenvalue weighted by Gasteiger charge is 2.31. The molecule has 3 heterocycles. The number of likely N-dealkylation sites (tertiary alicyclic amines) is 1. The minimum Gasteiger partial charge on any atom is -0.331 e. The summed E-state index contributed by atoms with van der Waals surface area (Å²) in [6.07, 6.45) is 2.18. The number of halogens is 1. The van der Waals surface area contributed by atoms with E-state index in [-0.39, 0.29) is 11.9 Å². The Morgan fingerprint density at radius 3 is 2.95 bits per heavy atom. The molecule has 19 heavy (non-hydrogen) atoms. The molecule has 2 aromatic heterocycles. The van der Waals surface area contributed by atoms with Crippen LogP contribution in [0.3, 0.4) is 0 Å². The molecule has 0 bridgehead atoms. The zero-order chi connectivity index (χ0) is 13.4. The van der Waals surface area contributed by atoms with Gasteiger partial charge in [-0.25, -0.2) is 0 Å². The number of thiophene rings is 2. The molecule has 2 nitrogen and oxygen atoms in total. The standard InChI is InChI=1S/C14H14BrNOS2/c1-9-4-5-12(19-9)11-3-2-6-16(11)14(17)10-7-13(15)18-8-10/h4-5,7-8,11H,2-3,6H2,1H3. The fraction of sp³-hybridized carbons (Fsp3) is 0.357. The number of nitrogens with zero attached hydrogens (tertiary/aromatic N) is 1. The smallest absolute Gasteiger partial charge is 0.255 e. The van der Waals surface area contributed by atoms with Crippen molar-refractivity contribution >= 4 is 44.5 Å². The van der Waals surface area contributed by atoms with E-state index < -0.39 is 0 Å². The maximum absolute atomic E-state index is 12.6. The van der Waals surface area contributed by atoms with Gasteiger partial charge in [-0.15, -0.1) is 22.7 Å². The van der Waals surface area contributed by atoms with Crippen molar-refractivity contribution < 1.29 is 4.79 Å². The quantitative estimate of drug-likeness (QED) is 0.753.